The summed E-state index contributed by atoms with van der Waals surface area (Å²) in [7, 11) is 1.57. The molecule has 0 unspecified atom stereocenters. The first-order valence-corrected chi connectivity index (χ1v) is 8.40. The monoisotopic (exact) mass is 378 g/mol. The van der Waals surface area contributed by atoms with Crippen molar-refractivity contribution in [3.05, 3.63) is 53.1 Å². The van der Waals surface area contributed by atoms with Crippen LogP contribution in [0.2, 0.25) is 5.02 Å². The van der Waals surface area contributed by atoms with Gasteiger partial charge in [-0.15, -0.1) is 0 Å². The number of halogens is 1. The Kier molecular flexibility index (Phi) is 6.61. The number of thiocarbonyl (C=S) groups is 1. The molecule has 0 atom stereocenters. The molecule has 0 heterocycles. The second-order valence-corrected chi connectivity index (χ2v) is 6.30. The molecule has 0 spiro atoms. The van der Waals surface area contributed by atoms with Crippen molar-refractivity contribution >= 4 is 46.3 Å². The number of hydrogen-bond donors (Lipinski definition) is 2. The lowest BCUT2D eigenvalue weighted by atomic mass is 10.2. The third kappa shape index (κ3) is 5.62. The SMILES string of the molecule is COc1ccc(Cl)cc1NC(=S)Nc1ccc(C(=O)OC(C)C)cc1. The quantitative estimate of drug-likeness (QED) is 0.579. The number of esters is 1. The van der Waals surface area contributed by atoms with Crippen LogP contribution in [0.5, 0.6) is 5.75 Å². The Morgan fingerprint density at radius 2 is 1.80 bits per heavy atom. The van der Waals surface area contributed by atoms with E-state index in [4.69, 9.17) is 33.3 Å². The van der Waals surface area contributed by atoms with Gasteiger partial charge in [0.1, 0.15) is 5.75 Å². The topological polar surface area (TPSA) is 59.6 Å². The minimum absolute atomic E-state index is 0.158. The van der Waals surface area contributed by atoms with Crippen LogP contribution in [-0.4, -0.2) is 24.3 Å². The first kappa shape index (κ1) is 19.0. The molecule has 132 valence electrons. The van der Waals surface area contributed by atoms with E-state index in [9.17, 15) is 4.79 Å². The van der Waals surface area contributed by atoms with Crippen molar-refractivity contribution in [2.24, 2.45) is 0 Å². The summed E-state index contributed by atoms with van der Waals surface area (Å²) >= 11 is 11.3. The lowest BCUT2D eigenvalue weighted by Crippen LogP contribution is -2.19. The molecule has 25 heavy (non-hydrogen) atoms. The Bertz CT molecular complexity index is 763. The fourth-order valence-corrected chi connectivity index (χ4v) is 2.43. The number of carbonyl (C=O) groups is 1. The van der Waals surface area contributed by atoms with Crippen LogP contribution in [0.25, 0.3) is 0 Å². The van der Waals surface area contributed by atoms with E-state index in [-0.39, 0.29) is 12.1 Å². The first-order chi connectivity index (χ1) is 11.9. The second-order valence-electron chi connectivity index (χ2n) is 5.46. The first-order valence-electron chi connectivity index (χ1n) is 7.61. The zero-order chi connectivity index (χ0) is 18.4. The molecule has 0 saturated carbocycles. The van der Waals surface area contributed by atoms with Crippen LogP contribution in [0, 0.1) is 0 Å². The number of methoxy groups -OCH3 is 1. The lowest BCUT2D eigenvalue weighted by Gasteiger charge is -2.14. The summed E-state index contributed by atoms with van der Waals surface area (Å²) < 4.78 is 10.4. The Hall–Kier alpha value is -2.31. The van der Waals surface area contributed by atoms with Crippen LogP contribution in [0.3, 0.4) is 0 Å². The fourth-order valence-electron chi connectivity index (χ4n) is 2.03. The minimum Gasteiger partial charge on any atom is -0.495 e. The summed E-state index contributed by atoms with van der Waals surface area (Å²) in [6.07, 6.45) is -0.158. The zero-order valence-corrected chi connectivity index (χ0v) is 15.7. The standard InChI is InChI=1S/C18H19ClN2O3S/c1-11(2)24-17(22)12-4-7-14(8-5-12)20-18(25)21-15-10-13(19)6-9-16(15)23-3/h4-11H,1-3H3,(H2,20,21,25). The normalized spacial score (nSPS) is 10.3. The van der Waals surface area contributed by atoms with Gasteiger partial charge in [0.25, 0.3) is 0 Å². The van der Waals surface area contributed by atoms with Crippen LogP contribution in [0.15, 0.2) is 42.5 Å². The van der Waals surface area contributed by atoms with Gasteiger partial charge in [0.05, 0.1) is 24.5 Å². The summed E-state index contributed by atoms with van der Waals surface area (Å²) in [5, 5.41) is 7.01. The van der Waals surface area contributed by atoms with Crippen molar-refractivity contribution in [1.82, 2.24) is 0 Å². The van der Waals surface area contributed by atoms with E-state index in [1.54, 1.807) is 49.6 Å². The van der Waals surface area contributed by atoms with E-state index in [1.165, 1.54) is 0 Å². The van der Waals surface area contributed by atoms with Gasteiger partial charge >= 0.3 is 5.97 Å². The lowest BCUT2D eigenvalue weighted by molar-refractivity contribution is 0.0378. The van der Waals surface area contributed by atoms with Gasteiger partial charge in [-0.1, -0.05) is 11.6 Å². The van der Waals surface area contributed by atoms with E-state index in [0.717, 1.165) is 5.69 Å². The Morgan fingerprint density at radius 3 is 2.40 bits per heavy atom. The van der Waals surface area contributed by atoms with Gasteiger partial charge in [-0.25, -0.2) is 4.79 Å². The largest absolute Gasteiger partial charge is 0.495 e. The molecule has 0 fully saturated rings. The highest BCUT2D eigenvalue weighted by Crippen LogP contribution is 2.27. The number of nitrogens with one attached hydrogen (secondary N) is 2. The Balaban J connectivity index is 2.01. The molecule has 0 radical (unpaired) electrons. The predicted molar refractivity (Wildman–Crippen MR) is 105 cm³/mol. The van der Waals surface area contributed by atoms with Crippen molar-refractivity contribution in [1.29, 1.82) is 0 Å². The molecule has 0 aromatic heterocycles. The molecular weight excluding hydrogens is 360 g/mol. The van der Waals surface area contributed by atoms with E-state index >= 15 is 0 Å². The van der Waals surface area contributed by atoms with Crippen LogP contribution in [-0.2, 0) is 4.74 Å². The molecule has 0 saturated heterocycles. The Labute approximate surface area is 157 Å². The third-order valence-electron chi connectivity index (χ3n) is 3.13. The highest BCUT2D eigenvalue weighted by atomic mass is 35.5. The smallest absolute Gasteiger partial charge is 0.338 e. The number of benzene rings is 2. The number of anilines is 2. The second kappa shape index (κ2) is 8.69. The summed E-state index contributed by atoms with van der Waals surface area (Å²) in [4.78, 5) is 11.8. The van der Waals surface area contributed by atoms with Gasteiger partial charge in [-0.2, -0.15) is 0 Å². The van der Waals surface area contributed by atoms with Crippen LogP contribution in [0.4, 0.5) is 11.4 Å². The molecule has 2 aromatic carbocycles. The van der Waals surface area contributed by atoms with E-state index < -0.39 is 0 Å². The Morgan fingerprint density at radius 1 is 1.12 bits per heavy atom. The minimum atomic E-state index is -0.356. The van der Waals surface area contributed by atoms with E-state index in [0.29, 0.717) is 27.1 Å². The van der Waals surface area contributed by atoms with Crippen LogP contribution < -0.4 is 15.4 Å². The highest BCUT2D eigenvalue weighted by molar-refractivity contribution is 7.80. The molecule has 0 aliphatic rings. The average Bonchev–Trinajstić information content (AvgIpc) is 2.55. The third-order valence-corrected chi connectivity index (χ3v) is 3.57. The number of carbonyl (C=O) groups excluding carboxylic acids is 1. The molecule has 0 aliphatic carbocycles. The maximum Gasteiger partial charge on any atom is 0.338 e. The van der Waals surface area contributed by atoms with E-state index in [2.05, 4.69) is 10.6 Å². The molecule has 2 rings (SSSR count). The predicted octanol–water partition coefficient (Wildman–Crippen LogP) is 4.72. The van der Waals surface area contributed by atoms with Crippen LogP contribution >= 0.6 is 23.8 Å². The molecule has 7 heteroatoms. The zero-order valence-electron chi connectivity index (χ0n) is 14.1. The molecule has 5 nitrogen and oxygen atoms in total. The fraction of sp³-hybridized carbons (Fsp3) is 0.222. The molecular formula is C18H19ClN2O3S. The average molecular weight is 379 g/mol. The summed E-state index contributed by atoms with van der Waals surface area (Å²) in [5.41, 5.74) is 1.87. The van der Waals surface area contributed by atoms with Crippen molar-refractivity contribution in [2.75, 3.05) is 17.7 Å². The summed E-state index contributed by atoms with van der Waals surface area (Å²) in [6, 6.07) is 12.1. The van der Waals surface area contributed by atoms with Gasteiger partial charge in [-0.3, -0.25) is 0 Å². The van der Waals surface area contributed by atoms with Gasteiger partial charge in [0.15, 0.2) is 5.11 Å². The van der Waals surface area contributed by atoms with Crippen molar-refractivity contribution in [3.63, 3.8) is 0 Å². The van der Waals surface area contributed by atoms with Crippen molar-refractivity contribution in [3.8, 4) is 5.75 Å². The number of rotatable bonds is 5. The summed E-state index contributed by atoms with van der Waals surface area (Å²) in [6.45, 7) is 3.62. The van der Waals surface area contributed by atoms with Gasteiger partial charge in [-0.05, 0) is 68.5 Å². The highest BCUT2D eigenvalue weighted by Gasteiger charge is 2.10. The molecule has 0 bridgehead atoms. The summed E-state index contributed by atoms with van der Waals surface area (Å²) in [5.74, 6) is 0.270. The molecule has 2 N–H and O–H groups in total. The van der Waals surface area contributed by atoms with Gasteiger partial charge in [0, 0.05) is 10.7 Å². The number of hydrogen-bond acceptors (Lipinski definition) is 4. The molecule has 0 amide bonds. The molecule has 0 aliphatic heterocycles. The van der Waals surface area contributed by atoms with Crippen LogP contribution in [0.1, 0.15) is 24.2 Å². The van der Waals surface area contributed by atoms with Crippen molar-refractivity contribution < 1.29 is 14.3 Å². The maximum atomic E-state index is 11.8. The van der Waals surface area contributed by atoms with E-state index in [1.807, 2.05) is 13.8 Å². The van der Waals surface area contributed by atoms with Crippen molar-refractivity contribution in [2.45, 2.75) is 20.0 Å². The number of ether oxygens (including phenoxy) is 2. The molecule has 2 aromatic rings. The van der Waals surface area contributed by atoms with Gasteiger partial charge < -0.3 is 20.1 Å². The van der Waals surface area contributed by atoms with Gasteiger partial charge in [0.2, 0.25) is 0 Å². The maximum absolute atomic E-state index is 11.8.